The van der Waals surface area contributed by atoms with E-state index in [0.717, 1.165) is 0 Å². The number of hydrogen-bond donors (Lipinski definition) is 0. The van der Waals surface area contributed by atoms with Gasteiger partial charge in [-0.1, -0.05) is 184 Å². The molecule has 0 aliphatic rings. The molecule has 0 spiro atoms. The first-order chi connectivity index (χ1) is 27.9. The average Bonchev–Trinajstić information content (AvgIpc) is 3.80. The van der Waals surface area contributed by atoms with Crippen LogP contribution in [0.25, 0.3) is 22.7 Å². The van der Waals surface area contributed by atoms with E-state index in [2.05, 4.69) is 227 Å². The Morgan fingerprint density at radius 2 is 0.729 bits per heavy atom. The molecule has 312 valence electrons. The first kappa shape index (κ1) is 44.3. The summed E-state index contributed by atoms with van der Waals surface area (Å²) in [4.78, 5) is 0. The van der Waals surface area contributed by atoms with Crippen LogP contribution in [0.1, 0.15) is 203 Å². The standard InChI is InChI=1S/C54H73N4P/c1-33(2)41-21-17-22-42(34(3)4)50(41)55-31-49(58(32-55)53-47(39(13)14)27-20-28-48(53)40(15)16)59-54-56(51-43(35(5)6)23-18-24-44(51)36(7)8)29-30-57(54)52-45(37(9)10)25-19-26-46(52)38(11)12/h17-40,59H,1-16H3/q+2. The zero-order valence-electron chi connectivity index (χ0n) is 39.1. The van der Waals surface area contributed by atoms with Crippen molar-refractivity contribution >= 4 is 19.6 Å². The van der Waals surface area contributed by atoms with Crippen molar-refractivity contribution in [3.63, 3.8) is 0 Å². The Morgan fingerprint density at radius 1 is 0.407 bits per heavy atom. The van der Waals surface area contributed by atoms with Gasteiger partial charge in [-0.05, 0) is 47.3 Å². The summed E-state index contributed by atoms with van der Waals surface area (Å²) in [5.41, 5.74) is 19.0. The molecule has 0 fully saturated rings. The van der Waals surface area contributed by atoms with E-state index in [-0.39, 0.29) is 0 Å². The SMILES string of the molecule is CC(C)c1cccc(C(C)C)c1-n1c[n+](-c2c(C(C)C)cccc2C(C)C)cc1Pc1n(-c2c(C(C)C)cccc2C(C)C)cc[n+]1-c1c(C(C)C)cccc1C(C)C. The molecule has 1 unspecified atom stereocenters. The number of nitrogens with zero attached hydrogens (tertiary/aromatic N) is 4. The largest absolute Gasteiger partial charge is 0.292 e. The fourth-order valence-corrected chi connectivity index (χ4v) is 10.3. The quantitative estimate of drug-likeness (QED) is 0.0771. The summed E-state index contributed by atoms with van der Waals surface area (Å²) in [6.07, 6.45) is 9.63. The molecule has 2 aromatic heterocycles. The average molecular weight is 809 g/mol. The molecule has 59 heavy (non-hydrogen) atoms. The molecule has 0 aliphatic heterocycles. The Hall–Kier alpha value is -4.27. The van der Waals surface area contributed by atoms with Gasteiger partial charge < -0.3 is 0 Å². The summed E-state index contributed by atoms with van der Waals surface area (Å²) in [5.74, 6) is 2.93. The van der Waals surface area contributed by atoms with Crippen molar-refractivity contribution in [2.24, 2.45) is 0 Å². The van der Waals surface area contributed by atoms with Crippen LogP contribution in [0.15, 0.2) is 97.7 Å². The molecule has 6 aromatic rings. The Balaban J connectivity index is 1.79. The monoisotopic (exact) mass is 809 g/mol. The fraction of sp³-hybridized carbons (Fsp3) is 0.444. The second-order valence-corrected chi connectivity index (χ2v) is 20.5. The first-order valence-electron chi connectivity index (χ1n) is 22.5. The molecule has 4 aromatic carbocycles. The highest BCUT2D eigenvalue weighted by Gasteiger charge is 2.34. The maximum Gasteiger partial charge on any atom is 0.292 e. The molecule has 5 heteroatoms. The molecular formula is C54H73N4P+2. The van der Waals surface area contributed by atoms with Crippen molar-refractivity contribution in [2.75, 3.05) is 0 Å². The van der Waals surface area contributed by atoms with Crippen LogP contribution in [0, 0.1) is 0 Å². The van der Waals surface area contributed by atoms with E-state index in [1.165, 1.54) is 78.3 Å². The Kier molecular flexibility index (Phi) is 13.6. The van der Waals surface area contributed by atoms with Crippen LogP contribution in [0.5, 0.6) is 0 Å². The third kappa shape index (κ3) is 8.68. The number of aromatic nitrogens is 4. The van der Waals surface area contributed by atoms with Crippen LogP contribution in [-0.4, -0.2) is 9.13 Å². The van der Waals surface area contributed by atoms with Gasteiger partial charge in [-0.2, -0.15) is 13.7 Å². The lowest BCUT2D eigenvalue weighted by atomic mass is 9.92. The molecule has 6 rings (SSSR count). The van der Waals surface area contributed by atoms with E-state index in [1.807, 2.05) is 0 Å². The summed E-state index contributed by atoms with van der Waals surface area (Å²) in [5, 5.41) is 0. The van der Waals surface area contributed by atoms with Gasteiger partial charge in [0.15, 0.2) is 5.44 Å². The second-order valence-electron chi connectivity index (χ2n) is 19.3. The van der Waals surface area contributed by atoms with Gasteiger partial charge in [0.1, 0.15) is 41.3 Å². The van der Waals surface area contributed by atoms with Gasteiger partial charge in [0.25, 0.3) is 11.9 Å². The molecule has 0 saturated carbocycles. The third-order valence-corrected chi connectivity index (χ3v) is 13.5. The van der Waals surface area contributed by atoms with Crippen molar-refractivity contribution in [3.8, 4) is 22.7 Å². The van der Waals surface area contributed by atoms with E-state index in [4.69, 9.17) is 0 Å². The van der Waals surface area contributed by atoms with Gasteiger partial charge in [0.2, 0.25) is 0 Å². The van der Waals surface area contributed by atoms with Crippen molar-refractivity contribution in [1.82, 2.24) is 9.13 Å². The first-order valence-corrected chi connectivity index (χ1v) is 23.5. The lowest BCUT2D eigenvalue weighted by molar-refractivity contribution is -0.595. The lowest BCUT2D eigenvalue weighted by Crippen LogP contribution is -2.47. The Labute approximate surface area is 359 Å². The Bertz CT molecular complexity index is 2210. The summed E-state index contributed by atoms with van der Waals surface area (Å²) in [6.45, 7) is 37.5. The third-order valence-electron chi connectivity index (χ3n) is 12.2. The van der Waals surface area contributed by atoms with Crippen LogP contribution >= 0.6 is 8.58 Å². The van der Waals surface area contributed by atoms with Gasteiger partial charge in [-0.15, -0.1) is 0 Å². The lowest BCUT2D eigenvalue weighted by Gasteiger charge is -2.20. The highest BCUT2D eigenvalue weighted by molar-refractivity contribution is 7.54. The highest BCUT2D eigenvalue weighted by atomic mass is 31.1. The molecule has 0 radical (unpaired) electrons. The zero-order valence-corrected chi connectivity index (χ0v) is 40.1. The van der Waals surface area contributed by atoms with Crippen molar-refractivity contribution < 1.29 is 9.13 Å². The molecule has 0 aliphatic carbocycles. The zero-order chi connectivity index (χ0) is 43.0. The summed E-state index contributed by atoms with van der Waals surface area (Å²) in [6, 6.07) is 27.9. The molecule has 0 amide bonds. The van der Waals surface area contributed by atoms with Gasteiger partial charge in [0.05, 0.1) is 8.58 Å². The topological polar surface area (TPSA) is 17.6 Å². The summed E-state index contributed by atoms with van der Waals surface area (Å²) < 4.78 is 10.2. The maximum absolute atomic E-state index is 2.58. The predicted molar refractivity (Wildman–Crippen MR) is 255 cm³/mol. The minimum Gasteiger partial charge on any atom is -0.201 e. The number of benzene rings is 4. The summed E-state index contributed by atoms with van der Waals surface area (Å²) >= 11 is 0. The number of para-hydroxylation sites is 4. The molecule has 0 saturated heterocycles. The fourth-order valence-electron chi connectivity index (χ4n) is 8.97. The van der Waals surface area contributed by atoms with Crippen molar-refractivity contribution in [2.45, 2.75) is 158 Å². The van der Waals surface area contributed by atoms with Crippen molar-refractivity contribution in [1.29, 1.82) is 0 Å². The van der Waals surface area contributed by atoms with Crippen LogP contribution in [0.4, 0.5) is 0 Å². The van der Waals surface area contributed by atoms with E-state index >= 15 is 0 Å². The number of imidazole rings is 2. The van der Waals surface area contributed by atoms with Crippen LogP contribution in [0.3, 0.4) is 0 Å². The van der Waals surface area contributed by atoms with Crippen LogP contribution in [-0.2, 0) is 0 Å². The summed E-state index contributed by atoms with van der Waals surface area (Å²) in [7, 11) is 0.330. The van der Waals surface area contributed by atoms with Crippen LogP contribution in [0.2, 0.25) is 0 Å². The molecule has 4 nitrogen and oxygen atoms in total. The highest BCUT2D eigenvalue weighted by Crippen LogP contribution is 2.36. The normalized spacial score (nSPS) is 12.5. The second kappa shape index (κ2) is 18.1. The van der Waals surface area contributed by atoms with E-state index < -0.39 is 0 Å². The minimum atomic E-state index is 0.330. The number of rotatable bonds is 14. The predicted octanol–water partition coefficient (Wildman–Crippen LogP) is 13.4. The van der Waals surface area contributed by atoms with E-state index in [0.29, 0.717) is 55.9 Å². The number of hydrogen-bond acceptors (Lipinski definition) is 0. The van der Waals surface area contributed by atoms with Crippen LogP contribution < -0.4 is 20.1 Å². The van der Waals surface area contributed by atoms with Gasteiger partial charge >= 0.3 is 0 Å². The molecule has 1 atom stereocenters. The Morgan fingerprint density at radius 3 is 1.08 bits per heavy atom. The molecule has 0 bridgehead atoms. The molecule has 2 heterocycles. The van der Waals surface area contributed by atoms with Gasteiger partial charge in [-0.25, -0.2) is 4.57 Å². The smallest absolute Gasteiger partial charge is 0.201 e. The maximum atomic E-state index is 2.58. The van der Waals surface area contributed by atoms with Crippen molar-refractivity contribution in [3.05, 3.63) is 142 Å². The minimum absolute atomic E-state index is 0.330. The van der Waals surface area contributed by atoms with Gasteiger partial charge in [-0.3, -0.25) is 0 Å². The molecule has 0 N–H and O–H groups in total. The van der Waals surface area contributed by atoms with Gasteiger partial charge in [0, 0.05) is 44.5 Å². The van der Waals surface area contributed by atoms with E-state index in [9.17, 15) is 0 Å². The van der Waals surface area contributed by atoms with E-state index in [1.54, 1.807) is 0 Å². The molecular weight excluding hydrogens is 736 g/mol.